The van der Waals surface area contributed by atoms with Gasteiger partial charge < -0.3 is 24.0 Å². The first-order valence-electron chi connectivity index (χ1n) is 18.7. The molecule has 9 rings (SSSR count). The molecule has 5 aromatic rings. The topological polar surface area (TPSA) is 81.2 Å². The molecule has 276 valence electrons. The van der Waals surface area contributed by atoms with Crippen LogP contribution >= 0.6 is 0 Å². The van der Waals surface area contributed by atoms with Crippen LogP contribution in [0.2, 0.25) is 0 Å². The summed E-state index contributed by atoms with van der Waals surface area (Å²) in [5.41, 5.74) is 11.1. The summed E-state index contributed by atoms with van der Waals surface area (Å²) < 4.78 is 18.4. The van der Waals surface area contributed by atoms with Crippen LogP contribution in [0.3, 0.4) is 0 Å². The highest BCUT2D eigenvalue weighted by atomic mass is 16.5. The molecular formula is C46H47N3O5. The highest BCUT2D eigenvalue weighted by molar-refractivity contribution is 5.98. The molecule has 0 saturated carbocycles. The molecule has 54 heavy (non-hydrogen) atoms. The molecule has 4 aliphatic rings. The van der Waals surface area contributed by atoms with E-state index in [0.717, 1.165) is 77.9 Å². The smallest absolute Gasteiger partial charge is 0.254 e. The van der Waals surface area contributed by atoms with Crippen LogP contribution in [0.5, 0.6) is 17.2 Å². The zero-order valence-electron chi connectivity index (χ0n) is 30.3. The highest BCUT2D eigenvalue weighted by Gasteiger charge is 2.36. The zero-order valence-corrected chi connectivity index (χ0v) is 30.3. The number of rotatable bonds is 7. The number of benzene rings is 4. The van der Waals surface area contributed by atoms with Crippen molar-refractivity contribution in [3.63, 3.8) is 0 Å². The number of hydrogen-bond acceptors (Lipinski definition) is 6. The number of pyridine rings is 1. The number of methoxy groups -OCH3 is 1. The molecule has 8 heteroatoms. The Bertz CT molecular complexity index is 2250. The number of aryl methyl sites for hydroxylation is 3. The van der Waals surface area contributed by atoms with Crippen molar-refractivity contribution in [3.8, 4) is 17.2 Å². The number of aromatic nitrogens is 1. The lowest BCUT2D eigenvalue weighted by molar-refractivity contribution is 0.0635. The van der Waals surface area contributed by atoms with Crippen molar-refractivity contribution in [2.24, 2.45) is 0 Å². The Labute approximate surface area is 317 Å². The zero-order chi connectivity index (χ0) is 36.1. The lowest BCUT2D eigenvalue weighted by atomic mass is 9.92. The largest absolute Gasteiger partial charge is 0.493 e. The summed E-state index contributed by atoms with van der Waals surface area (Å²) in [5, 5.41) is 0. The molecule has 0 aliphatic carbocycles. The minimum Gasteiger partial charge on any atom is -0.493 e. The second kappa shape index (κ2) is 14.7. The van der Waals surface area contributed by atoms with E-state index < -0.39 is 0 Å². The molecular weight excluding hydrogens is 675 g/mol. The summed E-state index contributed by atoms with van der Waals surface area (Å²) in [5.74, 6) is 2.06. The third kappa shape index (κ3) is 6.59. The molecule has 4 aromatic carbocycles. The number of amides is 2. The van der Waals surface area contributed by atoms with E-state index in [1.807, 2.05) is 54.3 Å². The van der Waals surface area contributed by atoms with Gasteiger partial charge in [-0.1, -0.05) is 62.0 Å². The monoisotopic (exact) mass is 721 g/mol. The van der Waals surface area contributed by atoms with E-state index in [1.54, 1.807) is 7.11 Å². The Balaban J connectivity index is 0.00000413. The fourth-order valence-electron chi connectivity index (χ4n) is 8.69. The van der Waals surface area contributed by atoms with Gasteiger partial charge in [0.2, 0.25) is 0 Å². The summed E-state index contributed by atoms with van der Waals surface area (Å²) in [6, 6.07) is 31.0. The van der Waals surface area contributed by atoms with Crippen LogP contribution in [-0.4, -0.2) is 45.8 Å². The molecule has 0 radical (unpaired) electrons. The van der Waals surface area contributed by atoms with Gasteiger partial charge >= 0.3 is 0 Å². The first kappa shape index (κ1) is 35.4. The highest BCUT2D eigenvalue weighted by Crippen LogP contribution is 2.38. The van der Waals surface area contributed by atoms with Gasteiger partial charge in [0.25, 0.3) is 11.8 Å². The van der Waals surface area contributed by atoms with Gasteiger partial charge in [0.1, 0.15) is 19.0 Å². The maximum atomic E-state index is 13.8. The Morgan fingerprint density at radius 1 is 0.611 bits per heavy atom. The minimum absolute atomic E-state index is 0. The molecule has 5 heterocycles. The average molecular weight is 722 g/mol. The normalized spacial score (nSPS) is 18.3. The van der Waals surface area contributed by atoms with Crippen molar-refractivity contribution < 1.29 is 23.8 Å². The number of nitrogens with zero attached hydrogens (tertiary/aromatic N) is 3. The molecule has 0 bridgehead atoms. The predicted octanol–water partition coefficient (Wildman–Crippen LogP) is 8.22. The van der Waals surface area contributed by atoms with Crippen LogP contribution in [0.25, 0.3) is 0 Å². The fraction of sp³-hybridized carbons (Fsp3) is 0.326. The Morgan fingerprint density at radius 2 is 1.11 bits per heavy atom. The average Bonchev–Trinajstić information content (AvgIpc) is 3.40. The van der Waals surface area contributed by atoms with Crippen molar-refractivity contribution in [1.29, 1.82) is 0 Å². The van der Waals surface area contributed by atoms with Gasteiger partial charge in [0, 0.05) is 36.3 Å². The first-order chi connectivity index (χ1) is 25.9. The van der Waals surface area contributed by atoms with E-state index in [1.165, 1.54) is 22.3 Å². The number of hydrogen-bond donors (Lipinski definition) is 0. The van der Waals surface area contributed by atoms with Crippen molar-refractivity contribution in [2.75, 3.05) is 7.11 Å². The molecule has 0 fully saturated rings. The standard InChI is InChI=1S/C45H43N3O5.CH4/c1-28-18-39-31(14-16-37-19-29-8-3-5-10-33(29)24-47(37)44(39)49)21-41(28)52-26-35-12-7-13-36(46-35)27-53-43-22-32-15-17-38-20-30-9-4-6-11-34(30)25-48(38)45(50)40(32)23-42(43)51-2;/h3-13,18,21-23,37-38H,14-17,19-20,24-27H2,1-2H3;1H4/t37-,38-;/m1./s1. The maximum Gasteiger partial charge on any atom is 0.254 e. The van der Waals surface area contributed by atoms with Crippen LogP contribution in [-0.2, 0) is 52.0 Å². The summed E-state index contributed by atoms with van der Waals surface area (Å²) in [6.45, 7) is 3.82. The minimum atomic E-state index is 0. The van der Waals surface area contributed by atoms with E-state index in [9.17, 15) is 9.59 Å². The Morgan fingerprint density at radius 3 is 1.67 bits per heavy atom. The Kier molecular flexibility index (Phi) is 9.61. The van der Waals surface area contributed by atoms with E-state index in [2.05, 4.69) is 53.4 Å². The molecule has 0 unspecified atom stereocenters. The van der Waals surface area contributed by atoms with Crippen LogP contribution in [0.15, 0.2) is 91.0 Å². The third-order valence-corrected chi connectivity index (χ3v) is 11.6. The molecule has 1 aromatic heterocycles. The molecule has 2 amide bonds. The summed E-state index contributed by atoms with van der Waals surface area (Å²) >= 11 is 0. The van der Waals surface area contributed by atoms with Crippen molar-refractivity contribution >= 4 is 11.8 Å². The van der Waals surface area contributed by atoms with E-state index >= 15 is 0 Å². The first-order valence-corrected chi connectivity index (χ1v) is 18.7. The van der Waals surface area contributed by atoms with Crippen molar-refractivity contribution in [3.05, 3.63) is 152 Å². The molecule has 2 atom stereocenters. The molecule has 0 spiro atoms. The molecule has 4 aliphatic heterocycles. The van der Waals surface area contributed by atoms with Crippen LogP contribution < -0.4 is 14.2 Å². The van der Waals surface area contributed by atoms with Crippen LogP contribution in [0.4, 0.5) is 0 Å². The van der Waals surface area contributed by atoms with E-state index in [0.29, 0.717) is 30.2 Å². The number of carbonyl (C=O) groups is 2. The summed E-state index contributed by atoms with van der Waals surface area (Å²) in [7, 11) is 1.61. The Hall–Kier alpha value is -5.63. The summed E-state index contributed by atoms with van der Waals surface area (Å²) in [4.78, 5) is 36.6. The second-order valence-corrected chi connectivity index (χ2v) is 14.8. The van der Waals surface area contributed by atoms with Crippen LogP contribution in [0.1, 0.15) is 91.3 Å². The number of carbonyl (C=O) groups excluding carboxylic acids is 2. The molecule has 8 nitrogen and oxygen atoms in total. The van der Waals surface area contributed by atoms with Gasteiger partial charge in [0.05, 0.1) is 18.5 Å². The lowest BCUT2D eigenvalue weighted by Crippen LogP contribution is -2.43. The fourth-order valence-corrected chi connectivity index (χ4v) is 8.69. The maximum absolute atomic E-state index is 13.8. The van der Waals surface area contributed by atoms with Gasteiger partial charge in [-0.15, -0.1) is 0 Å². The number of fused-ring (bicyclic) bond motifs is 6. The van der Waals surface area contributed by atoms with Crippen LogP contribution in [0, 0.1) is 6.92 Å². The van der Waals surface area contributed by atoms with Gasteiger partial charge in [-0.25, -0.2) is 0 Å². The van der Waals surface area contributed by atoms with Crippen molar-refractivity contribution in [1.82, 2.24) is 14.8 Å². The third-order valence-electron chi connectivity index (χ3n) is 11.6. The molecule has 0 saturated heterocycles. The van der Waals surface area contributed by atoms with Gasteiger partial charge in [0.15, 0.2) is 11.5 Å². The number of ether oxygens (including phenoxy) is 3. The molecule has 0 N–H and O–H groups in total. The van der Waals surface area contributed by atoms with Crippen molar-refractivity contribution in [2.45, 2.75) is 91.3 Å². The second-order valence-electron chi connectivity index (χ2n) is 14.8. The van der Waals surface area contributed by atoms with Gasteiger partial charge in [-0.2, -0.15) is 0 Å². The van der Waals surface area contributed by atoms with Gasteiger partial charge in [-0.3, -0.25) is 14.6 Å². The predicted molar refractivity (Wildman–Crippen MR) is 208 cm³/mol. The van der Waals surface area contributed by atoms with E-state index in [-0.39, 0.29) is 44.5 Å². The lowest BCUT2D eigenvalue weighted by Gasteiger charge is -2.36. The van der Waals surface area contributed by atoms with Gasteiger partial charge in [-0.05, 0) is 121 Å². The quantitative estimate of drug-likeness (QED) is 0.169. The summed E-state index contributed by atoms with van der Waals surface area (Å²) in [6.07, 6.45) is 5.23. The SMILES string of the molecule is C.COc1cc2c(cc1OCc1cccc(COc3cc4c(cc3C)C(=O)N3Cc5ccccc5C[C@H]3CC4)n1)CC[C@@H]1Cc3ccccc3CN1C2=O. The van der Waals surface area contributed by atoms with E-state index in [4.69, 9.17) is 19.2 Å².